The van der Waals surface area contributed by atoms with Gasteiger partial charge in [-0.25, -0.2) is 4.39 Å². The number of rotatable bonds is 5. The van der Waals surface area contributed by atoms with Gasteiger partial charge in [0.05, 0.1) is 19.3 Å². The van der Waals surface area contributed by atoms with E-state index in [9.17, 15) is 9.18 Å². The monoisotopic (exact) mass is 342 g/mol. The van der Waals surface area contributed by atoms with Gasteiger partial charge in [-0.1, -0.05) is 36.4 Å². The Bertz CT molecular complexity index is 715. The maximum Gasteiger partial charge on any atom is 0.251 e. The van der Waals surface area contributed by atoms with Gasteiger partial charge in [-0.3, -0.25) is 9.69 Å². The summed E-state index contributed by atoms with van der Waals surface area (Å²) in [4.78, 5) is 14.9. The average molecular weight is 342 g/mol. The Balaban J connectivity index is 1.76. The van der Waals surface area contributed by atoms with Crippen LogP contribution < -0.4 is 5.32 Å². The molecule has 1 fully saturated rings. The highest BCUT2D eigenvalue weighted by molar-refractivity contribution is 5.94. The minimum atomic E-state index is -0.364. The van der Waals surface area contributed by atoms with Crippen LogP contribution in [0.25, 0.3) is 0 Å². The van der Waals surface area contributed by atoms with Crippen molar-refractivity contribution in [3.05, 3.63) is 71.0 Å². The van der Waals surface area contributed by atoms with Crippen molar-refractivity contribution in [1.82, 2.24) is 10.2 Å². The van der Waals surface area contributed by atoms with E-state index in [4.69, 9.17) is 4.74 Å². The molecule has 1 amide bonds. The van der Waals surface area contributed by atoms with E-state index in [0.29, 0.717) is 30.9 Å². The van der Waals surface area contributed by atoms with E-state index in [0.717, 1.165) is 18.7 Å². The van der Waals surface area contributed by atoms with Crippen LogP contribution in [0.3, 0.4) is 0 Å². The summed E-state index contributed by atoms with van der Waals surface area (Å²) in [6.07, 6.45) is 0. The molecule has 5 heteroatoms. The predicted octanol–water partition coefficient (Wildman–Crippen LogP) is 2.94. The summed E-state index contributed by atoms with van der Waals surface area (Å²) in [7, 11) is 0. The molecular weight excluding hydrogens is 319 g/mol. The van der Waals surface area contributed by atoms with Crippen LogP contribution in [0.5, 0.6) is 0 Å². The fourth-order valence-corrected chi connectivity index (χ4v) is 2.94. The first-order valence-corrected chi connectivity index (χ1v) is 8.55. The van der Waals surface area contributed by atoms with E-state index in [1.807, 2.05) is 30.3 Å². The number of morpholine rings is 1. The summed E-state index contributed by atoms with van der Waals surface area (Å²) < 4.78 is 19.2. The van der Waals surface area contributed by atoms with Crippen molar-refractivity contribution in [2.75, 3.05) is 32.8 Å². The zero-order chi connectivity index (χ0) is 17.6. The second kappa shape index (κ2) is 8.23. The van der Waals surface area contributed by atoms with Crippen molar-refractivity contribution < 1.29 is 13.9 Å². The van der Waals surface area contributed by atoms with Gasteiger partial charge in [0.2, 0.25) is 0 Å². The van der Waals surface area contributed by atoms with Crippen LogP contribution in [0, 0.1) is 12.7 Å². The Hall–Kier alpha value is -2.24. The minimum absolute atomic E-state index is 0.156. The van der Waals surface area contributed by atoms with E-state index in [1.54, 1.807) is 19.1 Å². The molecule has 2 aromatic carbocycles. The smallest absolute Gasteiger partial charge is 0.251 e. The summed E-state index contributed by atoms with van der Waals surface area (Å²) in [5.74, 6) is -0.627. The Labute approximate surface area is 147 Å². The average Bonchev–Trinajstić information content (AvgIpc) is 2.65. The fourth-order valence-electron chi connectivity index (χ4n) is 2.94. The van der Waals surface area contributed by atoms with Crippen LogP contribution in [-0.4, -0.2) is 43.7 Å². The van der Waals surface area contributed by atoms with Gasteiger partial charge < -0.3 is 10.1 Å². The number of aryl methyl sites for hydroxylation is 1. The lowest BCUT2D eigenvalue weighted by molar-refractivity contribution is 0.0332. The molecule has 0 aliphatic carbocycles. The lowest BCUT2D eigenvalue weighted by Gasteiger charge is -2.31. The number of amides is 1. The molecule has 1 atom stereocenters. The molecule has 1 heterocycles. The Morgan fingerprint density at radius 2 is 1.92 bits per heavy atom. The zero-order valence-corrected chi connectivity index (χ0v) is 14.4. The van der Waals surface area contributed by atoms with Gasteiger partial charge in [-0.2, -0.15) is 0 Å². The van der Waals surface area contributed by atoms with Crippen molar-refractivity contribution in [3.63, 3.8) is 0 Å². The third-order valence-corrected chi connectivity index (χ3v) is 4.49. The van der Waals surface area contributed by atoms with E-state index < -0.39 is 0 Å². The second-order valence-corrected chi connectivity index (χ2v) is 6.31. The predicted molar refractivity (Wildman–Crippen MR) is 95.0 cm³/mol. The van der Waals surface area contributed by atoms with Crippen molar-refractivity contribution in [1.29, 1.82) is 0 Å². The fraction of sp³-hybridized carbons (Fsp3) is 0.350. The molecule has 2 aromatic rings. The quantitative estimate of drug-likeness (QED) is 0.908. The van der Waals surface area contributed by atoms with Gasteiger partial charge in [-0.15, -0.1) is 0 Å². The summed E-state index contributed by atoms with van der Waals surface area (Å²) in [6.45, 7) is 5.49. The number of benzene rings is 2. The van der Waals surface area contributed by atoms with Gasteiger partial charge in [0.15, 0.2) is 0 Å². The molecular formula is C20H23FN2O2. The van der Waals surface area contributed by atoms with Crippen LogP contribution in [0.1, 0.15) is 27.5 Å². The van der Waals surface area contributed by atoms with Crippen molar-refractivity contribution in [2.24, 2.45) is 0 Å². The molecule has 0 bridgehead atoms. The number of carbonyl (C=O) groups excluding carboxylic acids is 1. The van der Waals surface area contributed by atoms with E-state index in [1.165, 1.54) is 6.07 Å². The third-order valence-electron chi connectivity index (χ3n) is 4.49. The first kappa shape index (κ1) is 17.6. The van der Waals surface area contributed by atoms with Gasteiger partial charge in [0, 0.05) is 25.2 Å². The Kier molecular flexibility index (Phi) is 5.79. The molecule has 0 spiro atoms. The Morgan fingerprint density at radius 1 is 1.20 bits per heavy atom. The number of hydrogen-bond donors (Lipinski definition) is 1. The highest BCUT2D eigenvalue weighted by Gasteiger charge is 2.21. The molecule has 1 saturated heterocycles. The van der Waals surface area contributed by atoms with Crippen molar-refractivity contribution in [2.45, 2.75) is 13.0 Å². The van der Waals surface area contributed by atoms with Gasteiger partial charge in [0.25, 0.3) is 5.91 Å². The maximum absolute atomic E-state index is 13.8. The highest BCUT2D eigenvalue weighted by atomic mass is 19.1. The summed E-state index contributed by atoms with van der Waals surface area (Å²) in [5.41, 5.74) is 1.91. The molecule has 0 radical (unpaired) electrons. The number of ether oxygens (including phenoxy) is 1. The SMILES string of the molecule is Cc1ccc(C(=O)NC(CN2CCOCC2)c2ccccc2)cc1F. The molecule has 0 saturated carbocycles. The van der Waals surface area contributed by atoms with Crippen LogP contribution in [0.15, 0.2) is 48.5 Å². The van der Waals surface area contributed by atoms with Crippen molar-refractivity contribution in [3.8, 4) is 0 Å². The van der Waals surface area contributed by atoms with Crippen LogP contribution >= 0.6 is 0 Å². The zero-order valence-electron chi connectivity index (χ0n) is 14.4. The molecule has 4 nitrogen and oxygen atoms in total. The number of hydrogen-bond acceptors (Lipinski definition) is 3. The molecule has 1 N–H and O–H groups in total. The van der Waals surface area contributed by atoms with Crippen molar-refractivity contribution >= 4 is 5.91 Å². The molecule has 25 heavy (non-hydrogen) atoms. The number of nitrogens with one attached hydrogen (secondary N) is 1. The van der Waals surface area contributed by atoms with Crippen LogP contribution in [-0.2, 0) is 4.74 Å². The van der Waals surface area contributed by atoms with Gasteiger partial charge in [0.1, 0.15) is 5.82 Å². The lowest BCUT2D eigenvalue weighted by atomic mass is 10.0. The first-order valence-electron chi connectivity index (χ1n) is 8.55. The minimum Gasteiger partial charge on any atom is -0.379 e. The number of nitrogens with zero attached hydrogens (tertiary/aromatic N) is 1. The lowest BCUT2D eigenvalue weighted by Crippen LogP contribution is -2.43. The molecule has 0 aromatic heterocycles. The number of carbonyl (C=O) groups is 1. The topological polar surface area (TPSA) is 41.6 Å². The highest BCUT2D eigenvalue weighted by Crippen LogP contribution is 2.17. The summed E-state index contributed by atoms with van der Waals surface area (Å²) in [6, 6.07) is 14.3. The summed E-state index contributed by atoms with van der Waals surface area (Å²) in [5, 5.41) is 3.06. The molecule has 1 aliphatic heterocycles. The molecule has 1 aliphatic rings. The normalized spacial score (nSPS) is 16.4. The standard InChI is InChI=1S/C20H23FN2O2/c1-15-7-8-17(13-18(15)21)20(24)22-19(16-5-3-2-4-6-16)14-23-9-11-25-12-10-23/h2-8,13,19H,9-12,14H2,1H3,(H,22,24). The Morgan fingerprint density at radius 3 is 2.60 bits per heavy atom. The summed E-state index contributed by atoms with van der Waals surface area (Å²) >= 11 is 0. The largest absolute Gasteiger partial charge is 0.379 e. The van der Waals surface area contributed by atoms with Gasteiger partial charge >= 0.3 is 0 Å². The van der Waals surface area contributed by atoms with E-state index in [-0.39, 0.29) is 17.8 Å². The molecule has 132 valence electrons. The van der Waals surface area contributed by atoms with Crippen LogP contribution in [0.4, 0.5) is 4.39 Å². The van der Waals surface area contributed by atoms with E-state index >= 15 is 0 Å². The molecule has 3 rings (SSSR count). The van der Waals surface area contributed by atoms with Gasteiger partial charge in [-0.05, 0) is 30.2 Å². The second-order valence-electron chi connectivity index (χ2n) is 6.31. The number of halogens is 1. The van der Waals surface area contributed by atoms with E-state index in [2.05, 4.69) is 10.2 Å². The molecule has 1 unspecified atom stereocenters. The maximum atomic E-state index is 13.8. The third kappa shape index (κ3) is 4.65. The van der Waals surface area contributed by atoms with Crippen LogP contribution in [0.2, 0.25) is 0 Å². The first-order chi connectivity index (χ1) is 12.1.